The van der Waals surface area contributed by atoms with Crippen LogP contribution in [0.25, 0.3) is 0 Å². The fourth-order valence-corrected chi connectivity index (χ4v) is 3.59. The second-order valence-corrected chi connectivity index (χ2v) is 6.44. The number of amides is 1. The molecule has 2 heterocycles. The van der Waals surface area contributed by atoms with Crippen LogP contribution in [0.3, 0.4) is 0 Å². The number of nitrogens with zero attached hydrogens (tertiary/aromatic N) is 2. The predicted octanol–water partition coefficient (Wildman–Crippen LogP) is 3.22. The summed E-state index contributed by atoms with van der Waals surface area (Å²) in [5, 5.41) is 3.56. The molecule has 0 spiro atoms. The van der Waals surface area contributed by atoms with E-state index in [2.05, 4.69) is 22.2 Å². The van der Waals surface area contributed by atoms with E-state index in [-0.39, 0.29) is 5.91 Å². The van der Waals surface area contributed by atoms with Gasteiger partial charge >= 0.3 is 0 Å². The van der Waals surface area contributed by atoms with E-state index in [0.29, 0.717) is 16.7 Å². The molecule has 5 heteroatoms. The number of aryl methyl sites for hydroxylation is 2. The quantitative estimate of drug-likeness (QED) is 0.922. The third-order valence-corrected chi connectivity index (χ3v) is 4.56. The smallest absolute Gasteiger partial charge is 0.276 e. The molecule has 0 saturated carbocycles. The van der Waals surface area contributed by atoms with E-state index in [1.807, 2.05) is 19.1 Å². The molecule has 1 N–H and O–H groups in total. The van der Waals surface area contributed by atoms with Gasteiger partial charge in [-0.2, -0.15) is 0 Å². The molecule has 2 aromatic heterocycles. The molecule has 1 aliphatic carbocycles. The zero-order valence-corrected chi connectivity index (χ0v) is 12.5. The van der Waals surface area contributed by atoms with Gasteiger partial charge in [0.2, 0.25) is 0 Å². The summed E-state index contributed by atoms with van der Waals surface area (Å²) >= 11 is 1.60. The van der Waals surface area contributed by atoms with Gasteiger partial charge in [0.25, 0.3) is 5.91 Å². The number of anilines is 1. The Morgan fingerprint density at radius 2 is 2.25 bits per heavy atom. The van der Waals surface area contributed by atoms with Crippen molar-refractivity contribution in [2.75, 3.05) is 5.32 Å². The predicted molar refractivity (Wildman–Crippen MR) is 80.2 cm³/mol. The van der Waals surface area contributed by atoms with E-state index in [9.17, 15) is 4.79 Å². The van der Waals surface area contributed by atoms with Crippen LogP contribution in [0.2, 0.25) is 0 Å². The van der Waals surface area contributed by atoms with E-state index < -0.39 is 0 Å². The van der Waals surface area contributed by atoms with Crippen LogP contribution in [0.5, 0.6) is 0 Å². The highest BCUT2D eigenvalue weighted by Crippen LogP contribution is 2.32. The van der Waals surface area contributed by atoms with Crippen LogP contribution in [0.4, 0.5) is 5.13 Å². The number of carbonyl (C=O) groups excluding carboxylic acids is 1. The molecule has 2 aromatic rings. The third-order valence-electron chi connectivity index (χ3n) is 3.53. The molecule has 3 rings (SSSR count). The summed E-state index contributed by atoms with van der Waals surface area (Å²) in [5.74, 6) is 0.526. The second kappa shape index (κ2) is 5.32. The van der Waals surface area contributed by atoms with Crippen molar-refractivity contribution in [1.29, 1.82) is 0 Å². The Kier molecular flexibility index (Phi) is 3.53. The largest absolute Gasteiger partial charge is 0.296 e. The number of thiazole rings is 1. The fourth-order valence-electron chi connectivity index (χ4n) is 2.42. The third kappa shape index (κ3) is 2.72. The van der Waals surface area contributed by atoms with Crippen LogP contribution in [-0.2, 0) is 12.8 Å². The highest BCUT2D eigenvalue weighted by atomic mass is 32.1. The average Bonchev–Trinajstić information content (AvgIpc) is 2.80. The summed E-state index contributed by atoms with van der Waals surface area (Å²) in [5.41, 5.74) is 2.43. The Morgan fingerprint density at radius 1 is 1.40 bits per heavy atom. The first-order chi connectivity index (χ1) is 9.61. The molecule has 0 fully saturated rings. The van der Waals surface area contributed by atoms with E-state index in [0.717, 1.165) is 24.2 Å². The number of hydrogen-bond donors (Lipinski definition) is 1. The summed E-state index contributed by atoms with van der Waals surface area (Å²) in [6, 6.07) is 5.43. The highest BCUT2D eigenvalue weighted by Gasteiger charge is 2.20. The van der Waals surface area contributed by atoms with Gasteiger partial charge < -0.3 is 0 Å². The topological polar surface area (TPSA) is 54.9 Å². The van der Waals surface area contributed by atoms with Crippen LogP contribution >= 0.6 is 11.3 Å². The minimum atomic E-state index is -0.187. The van der Waals surface area contributed by atoms with Gasteiger partial charge in [-0.25, -0.2) is 9.97 Å². The molecular weight excluding hydrogens is 270 g/mol. The molecule has 0 radical (unpaired) electrons. The number of rotatable bonds is 2. The summed E-state index contributed by atoms with van der Waals surface area (Å²) in [7, 11) is 0. The SMILES string of the molecule is Cc1cccc(C(=O)Nc2nc3c(s2)C[C@H](C)CC3)n1. The van der Waals surface area contributed by atoms with Crippen molar-refractivity contribution in [2.24, 2.45) is 5.92 Å². The zero-order chi connectivity index (χ0) is 14.1. The number of carbonyl (C=O) groups is 1. The van der Waals surface area contributed by atoms with Crippen LogP contribution in [0, 0.1) is 12.8 Å². The lowest BCUT2D eigenvalue weighted by molar-refractivity contribution is 0.102. The van der Waals surface area contributed by atoms with Gasteiger partial charge in [-0.05, 0) is 44.2 Å². The maximum atomic E-state index is 12.1. The Morgan fingerprint density at radius 3 is 3.05 bits per heavy atom. The van der Waals surface area contributed by atoms with Crippen LogP contribution in [0.15, 0.2) is 18.2 Å². The van der Waals surface area contributed by atoms with Crippen molar-refractivity contribution in [3.8, 4) is 0 Å². The lowest BCUT2D eigenvalue weighted by atomic mass is 9.93. The summed E-state index contributed by atoms with van der Waals surface area (Å²) in [6.45, 7) is 4.14. The van der Waals surface area contributed by atoms with E-state index >= 15 is 0 Å². The normalized spacial score (nSPS) is 17.6. The van der Waals surface area contributed by atoms with E-state index in [4.69, 9.17) is 0 Å². The Balaban J connectivity index is 1.77. The maximum absolute atomic E-state index is 12.1. The van der Waals surface area contributed by atoms with Crippen molar-refractivity contribution in [1.82, 2.24) is 9.97 Å². The first kappa shape index (κ1) is 13.2. The molecule has 20 heavy (non-hydrogen) atoms. The van der Waals surface area contributed by atoms with Crippen LogP contribution < -0.4 is 5.32 Å². The molecular formula is C15H17N3OS. The molecule has 0 aromatic carbocycles. The number of hydrogen-bond acceptors (Lipinski definition) is 4. The molecule has 104 valence electrons. The number of fused-ring (bicyclic) bond motifs is 1. The Bertz CT molecular complexity index is 650. The molecule has 4 nitrogen and oxygen atoms in total. The number of pyridine rings is 1. The monoisotopic (exact) mass is 287 g/mol. The molecule has 0 bridgehead atoms. The van der Waals surface area contributed by atoms with Gasteiger partial charge in [-0.3, -0.25) is 10.1 Å². The van der Waals surface area contributed by atoms with Gasteiger partial charge in [0.05, 0.1) is 5.69 Å². The fraction of sp³-hybridized carbons (Fsp3) is 0.400. The van der Waals surface area contributed by atoms with Gasteiger partial charge in [0.15, 0.2) is 5.13 Å². The van der Waals surface area contributed by atoms with Gasteiger partial charge in [0, 0.05) is 10.6 Å². The highest BCUT2D eigenvalue weighted by molar-refractivity contribution is 7.15. The van der Waals surface area contributed by atoms with Gasteiger partial charge in [0.1, 0.15) is 5.69 Å². The molecule has 0 saturated heterocycles. The summed E-state index contributed by atoms with van der Waals surface area (Å²) < 4.78 is 0. The number of nitrogens with one attached hydrogen (secondary N) is 1. The standard InChI is InChI=1S/C15H17N3OS/c1-9-6-7-11-13(8-9)20-15(17-11)18-14(19)12-5-3-4-10(2)16-12/h3-5,9H,6-8H2,1-2H3,(H,17,18,19)/t9-/m1/s1. The first-order valence-corrected chi connectivity index (χ1v) is 7.67. The lowest BCUT2D eigenvalue weighted by Crippen LogP contribution is -2.14. The van der Waals surface area contributed by atoms with Gasteiger partial charge in [-0.15, -0.1) is 11.3 Å². The Labute approximate surface area is 122 Å². The minimum absolute atomic E-state index is 0.187. The van der Waals surface area contributed by atoms with Crippen molar-refractivity contribution in [2.45, 2.75) is 33.1 Å². The van der Waals surface area contributed by atoms with Gasteiger partial charge in [-0.1, -0.05) is 13.0 Å². The maximum Gasteiger partial charge on any atom is 0.276 e. The van der Waals surface area contributed by atoms with Crippen molar-refractivity contribution in [3.63, 3.8) is 0 Å². The Hall–Kier alpha value is -1.75. The lowest BCUT2D eigenvalue weighted by Gasteiger charge is -2.15. The molecule has 1 aliphatic rings. The molecule has 1 atom stereocenters. The van der Waals surface area contributed by atoms with Crippen molar-refractivity contribution < 1.29 is 4.79 Å². The first-order valence-electron chi connectivity index (χ1n) is 6.85. The second-order valence-electron chi connectivity index (χ2n) is 5.36. The molecule has 0 unspecified atom stereocenters. The minimum Gasteiger partial charge on any atom is -0.296 e. The van der Waals surface area contributed by atoms with E-state index in [1.165, 1.54) is 11.3 Å². The number of aromatic nitrogens is 2. The van der Waals surface area contributed by atoms with Crippen LogP contribution in [-0.4, -0.2) is 15.9 Å². The summed E-state index contributed by atoms with van der Waals surface area (Å²) in [4.78, 5) is 22.2. The molecule has 0 aliphatic heterocycles. The van der Waals surface area contributed by atoms with Crippen molar-refractivity contribution >= 4 is 22.4 Å². The molecule has 1 amide bonds. The van der Waals surface area contributed by atoms with E-state index in [1.54, 1.807) is 17.4 Å². The summed E-state index contributed by atoms with van der Waals surface area (Å²) in [6.07, 6.45) is 3.28. The van der Waals surface area contributed by atoms with Crippen molar-refractivity contribution in [3.05, 3.63) is 40.2 Å². The zero-order valence-electron chi connectivity index (χ0n) is 11.6. The van der Waals surface area contributed by atoms with Crippen LogP contribution in [0.1, 0.15) is 40.1 Å². The average molecular weight is 287 g/mol.